The molecule has 1 aliphatic rings. The Hall–Kier alpha value is -1.26. The van der Waals surface area contributed by atoms with Gasteiger partial charge in [0.2, 0.25) is 0 Å². The van der Waals surface area contributed by atoms with Gasteiger partial charge >= 0.3 is 12.1 Å². The van der Waals surface area contributed by atoms with Crippen LogP contribution >= 0.6 is 0 Å². The first-order valence-electron chi connectivity index (χ1n) is 6.77. The molecule has 110 valence electrons. The van der Waals surface area contributed by atoms with E-state index >= 15 is 0 Å². The van der Waals surface area contributed by atoms with Crippen molar-refractivity contribution in [1.82, 2.24) is 4.90 Å². The van der Waals surface area contributed by atoms with Crippen LogP contribution in [-0.2, 0) is 14.3 Å². The van der Waals surface area contributed by atoms with Crippen LogP contribution in [0.15, 0.2) is 0 Å². The summed E-state index contributed by atoms with van der Waals surface area (Å²) in [6.45, 7) is 8.91. The van der Waals surface area contributed by atoms with Gasteiger partial charge in [0.05, 0.1) is 13.5 Å². The first kappa shape index (κ1) is 15.8. The SMILES string of the molecule is COC(=O)C[C@@H]1CN(C(=O)OC(C)(C)C)CC[C@H]1C. The fourth-order valence-corrected chi connectivity index (χ4v) is 2.20. The number of methoxy groups -OCH3 is 1. The Morgan fingerprint density at radius 1 is 1.32 bits per heavy atom. The molecule has 1 heterocycles. The van der Waals surface area contributed by atoms with Gasteiger partial charge < -0.3 is 14.4 Å². The molecule has 0 bridgehead atoms. The molecule has 0 radical (unpaired) electrons. The van der Waals surface area contributed by atoms with E-state index in [1.807, 2.05) is 20.8 Å². The molecule has 0 aromatic rings. The van der Waals surface area contributed by atoms with Crippen LogP contribution in [0.25, 0.3) is 0 Å². The maximum Gasteiger partial charge on any atom is 0.410 e. The van der Waals surface area contributed by atoms with E-state index in [1.54, 1.807) is 4.90 Å². The summed E-state index contributed by atoms with van der Waals surface area (Å²) >= 11 is 0. The van der Waals surface area contributed by atoms with Crippen LogP contribution in [0.5, 0.6) is 0 Å². The molecule has 5 nitrogen and oxygen atoms in total. The van der Waals surface area contributed by atoms with Crippen molar-refractivity contribution >= 4 is 12.1 Å². The highest BCUT2D eigenvalue weighted by molar-refractivity contribution is 5.70. The molecule has 0 spiro atoms. The van der Waals surface area contributed by atoms with Gasteiger partial charge in [-0.2, -0.15) is 0 Å². The Labute approximate surface area is 115 Å². The van der Waals surface area contributed by atoms with Crippen LogP contribution in [0.3, 0.4) is 0 Å². The summed E-state index contributed by atoms with van der Waals surface area (Å²) in [4.78, 5) is 25.1. The van der Waals surface area contributed by atoms with Gasteiger partial charge in [-0.25, -0.2) is 4.79 Å². The number of rotatable bonds is 2. The number of amides is 1. The van der Waals surface area contributed by atoms with Gasteiger partial charge in [0.25, 0.3) is 0 Å². The number of likely N-dealkylation sites (tertiary alicyclic amines) is 1. The van der Waals surface area contributed by atoms with Crippen molar-refractivity contribution in [1.29, 1.82) is 0 Å². The molecule has 0 unspecified atom stereocenters. The van der Waals surface area contributed by atoms with E-state index in [-0.39, 0.29) is 18.0 Å². The highest BCUT2D eigenvalue weighted by atomic mass is 16.6. The van der Waals surface area contributed by atoms with Gasteiger partial charge in [0.1, 0.15) is 5.60 Å². The molecular weight excluding hydrogens is 246 g/mol. The second-order valence-corrected chi connectivity index (χ2v) is 6.23. The second kappa shape index (κ2) is 6.26. The number of ether oxygens (including phenoxy) is 2. The minimum Gasteiger partial charge on any atom is -0.469 e. The minimum atomic E-state index is -0.488. The van der Waals surface area contributed by atoms with Crippen molar-refractivity contribution in [3.63, 3.8) is 0 Å². The summed E-state index contributed by atoms with van der Waals surface area (Å²) in [6.07, 6.45) is 0.951. The van der Waals surface area contributed by atoms with Gasteiger partial charge in [-0.3, -0.25) is 4.79 Å². The fraction of sp³-hybridized carbons (Fsp3) is 0.857. The molecule has 0 aliphatic carbocycles. The van der Waals surface area contributed by atoms with Crippen LogP contribution in [0, 0.1) is 11.8 Å². The summed E-state index contributed by atoms with van der Waals surface area (Å²) in [5, 5.41) is 0. The van der Waals surface area contributed by atoms with E-state index < -0.39 is 5.60 Å². The fourth-order valence-electron chi connectivity index (χ4n) is 2.20. The second-order valence-electron chi connectivity index (χ2n) is 6.23. The zero-order valence-electron chi connectivity index (χ0n) is 12.6. The van der Waals surface area contributed by atoms with Crippen LogP contribution in [-0.4, -0.2) is 42.8 Å². The molecule has 0 aromatic heterocycles. The van der Waals surface area contributed by atoms with E-state index in [4.69, 9.17) is 9.47 Å². The van der Waals surface area contributed by atoms with Crippen molar-refractivity contribution in [2.45, 2.75) is 46.1 Å². The van der Waals surface area contributed by atoms with E-state index in [0.29, 0.717) is 25.4 Å². The van der Waals surface area contributed by atoms with Crippen molar-refractivity contribution in [3.05, 3.63) is 0 Å². The Bertz CT molecular complexity index is 335. The Kier molecular flexibility index (Phi) is 5.20. The average molecular weight is 271 g/mol. The van der Waals surface area contributed by atoms with E-state index in [1.165, 1.54) is 7.11 Å². The zero-order valence-corrected chi connectivity index (χ0v) is 12.6. The lowest BCUT2D eigenvalue weighted by molar-refractivity contribution is -0.142. The number of carbonyl (C=O) groups is 2. The van der Waals surface area contributed by atoms with Crippen molar-refractivity contribution in [3.8, 4) is 0 Å². The van der Waals surface area contributed by atoms with Gasteiger partial charge in [-0.15, -0.1) is 0 Å². The summed E-state index contributed by atoms with van der Waals surface area (Å²) in [5.41, 5.74) is -0.488. The first-order chi connectivity index (χ1) is 8.73. The van der Waals surface area contributed by atoms with E-state index in [0.717, 1.165) is 6.42 Å². The Morgan fingerprint density at radius 2 is 1.95 bits per heavy atom. The number of piperidine rings is 1. The number of nitrogens with zero attached hydrogens (tertiary/aromatic N) is 1. The van der Waals surface area contributed by atoms with Crippen molar-refractivity contribution in [2.24, 2.45) is 11.8 Å². The molecule has 1 aliphatic heterocycles. The third-order valence-electron chi connectivity index (χ3n) is 3.42. The largest absolute Gasteiger partial charge is 0.469 e. The summed E-state index contributed by atoms with van der Waals surface area (Å²) in [6, 6.07) is 0. The molecule has 0 aromatic carbocycles. The van der Waals surface area contributed by atoms with E-state index in [9.17, 15) is 9.59 Å². The monoisotopic (exact) mass is 271 g/mol. The lowest BCUT2D eigenvalue weighted by Gasteiger charge is -2.37. The topological polar surface area (TPSA) is 55.8 Å². The summed E-state index contributed by atoms with van der Waals surface area (Å²) < 4.78 is 10.1. The third kappa shape index (κ3) is 5.09. The Balaban J connectivity index is 2.58. The van der Waals surface area contributed by atoms with Gasteiger partial charge in [-0.05, 0) is 39.0 Å². The maximum atomic E-state index is 12.0. The predicted molar refractivity (Wildman–Crippen MR) is 71.7 cm³/mol. The van der Waals surface area contributed by atoms with Crippen LogP contribution in [0.2, 0.25) is 0 Å². The number of hydrogen-bond acceptors (Lipinski definition) is 4. The number of hydrogen-bond donors (Lipinski definition) is 0. The van der Waals surface area contributed by atoms with Crippen LogP contribution < -0.4 is 0 Å². The predicted octanol–water partition coefficient (Wildman–Crippen LogP) is 2.44. The zero-order chi connectivity index (χ0) is 14.6. The van der Waals surface area contributed by atoms with Gasteiger partial charge in [0, 0.05) is 13.1 Å². The smallest absolute Gasteiger partial charge is 0.410 e. The molecule has 1 rings (SSSR count). The lowest BCUT2D eigenvalue weighted by Crippen LogP contribution is -2.45. The normalized spacial score (nSPS) is 23.9. The molecule has 1 saturated heterocycles. The third-order valence-corrected chi connectivity index (χ3v) is 3.42. The molecule has 1 amide bonds. The van der Waals surface area contributed by atoms with Crippen molar-refractivity contribution in [2.75, 3.05) is 20.2 Å². The number of carbonyl (C=O) groups excluding carboxylic acids is 2. The van der Waals surface area contributed by atoms with Gasteiger partial charge in [-0.1, -0.05) is 6.92 Å². The molecule has 2 atom stereocenters. The lowest BCUT2D eigenvalue weighted by atomic mass is 9.85. The van der Waals surface area contributed by atoms with Crippen LogP contribution in [0.1, 0.15) is 40.5 Å². The molecule has 0 saturated carbocycles. The standard InChI is InChI=1S/C14H25NO4/c1-10-6-7-15(13(17)19-14(2,3)4)9-11(10)8-12(16)18-5/h10-11H,6-9H2,1-5H3/t10-,11-/m1/s1. The molecule has 1 fully saturated rings. The highest BCUT2D eigenvalue weighted by Gasteiger charge is 2.32. The highest BCUT2D eigenvalue weighted by Crippen LogP contribution is 2.27. The van der Waals surface area contributed by atoms with Crippen molar-refractivity contribution < 1.29 is 19.1 Å². The summed E-state index contributed by atoms with van der Waals surface area (Å²) in [5.74, 6) is 0.342. The van der Waals surface area contributed by atoms with E-state index in [2.05, 4.69) is 6.92 Å². The van der Waals surface area contributed by atoms with Crippen LogP contribution in [0.4, 0.5) is 4.79 Å². The van der Waals surface area contributed by atoms with Gasteiger partial charge in [0.15, 0.2) is 0 Å². The molecule has 5 heteroatoms. The molecular formula is C14H25NO4. The average Bonchev–Trinajstić information content (AvgIpc) is 2.29. The Morgan fingerprint density at radius 3 is 2.47 bits per heavy atom. The number of esters is 1. The minimum absolute atomic E-state index is 0.147. The first-order valence-corrected chi connectivity index (χ1v) is 6.77. The molecule has 0 N–H and O–H groups in total. The molecule has 19 heavy (non-hydrogen) atoms. The summed E-state index contributed by atoms with van der Waals surface area (Å²) in [7, 11) is 1.39. The quantitative estimate of drug-likeness (QED) is 0.724. The maximum absolute atomic E-state index is 12.0.